The number of aliphatic hydroxyl groups excluding tert-OH is 1. The average molecular weight is 425 g/mol. The van der Waals surface area contributed by atoms with Gasteiger partial charge in [0.05, 0.1) is 6.10 Å². The van der Waals surface area contributed by atoms with Crippen LogP contribution in [0.25, 0.3) is 0 Å². The lowest BCUT2D eigenvalue weighted by molar-refractivity contribution is 0.120. The first-order chi connectivity index (χ1) is 10.2. The molecular weight excluding hydrogens is 389 g/mol. The summed E-state index contributed by atoms with van der Waals surface area (Å²) < 4.78 is 0. The van der Waals surface area contributed by atoms with Gasteiger partial charge in [0.25, 0.3) is 0 Å². The SMILES string of the molecule is CCCCC(CC)CN=C(NCC)NC1CCC(O)CC1.I. The van der Waals surface area contributed by atoms with Crippen LogP contribution >= 0.6 is 24.0 Å². The molecule has 1 saturated carbocycles. The Morgan fingerprint density at radius 1 is 1.18 bits per heavy atom. The third-order valence-electron chi connectivity index (χ3n) is 4.43. The molecule has 1 fully saturated rings. The van der Waals surface area contributed by atoms with Gasteiger partial charge in [-0.05, 0) is 44.9 Å². The topological polar surface area (TPSA) is 56.7 Å². The molecule has 0 aromatic carbocycles. The third-order valence-corrected chi connectivity index (χ3v) is 4.43. The van der Waals surface area contributed by atoms with Gasteiger partial charge >= 0.3 is 0 Å². The summed E-state index contributed by atoms with van der Waals surface area (Å²) in [6, 6.07) is 0.460. The highest BCUT2D eigenvalue weighted by molar-refractivity contribution is 14.0. The first kappa shape index (κ1) is 22.0. The molecular formula is C17H36IN3O. The normalized spacial score (nSPS) is 23.5. The van der Waals surface area contributed by atoms with E-state index in [4.69, 9.17) is 4.99 Å². The molecule has 0 bridgehead atoms. The van der Waals surface area contributed by atoms with E-state index >= 15 is 0 Å². The molecule has 1 aliphatic carbocycles. The fourth-order valence-corrected chi connectivity index (χ4v) is 2.87. The van der Waals surface area contributed by atoms with E-state index in [-0.39, 0.29) is 30.1 Å². The van der Waals surface area contributed by atoms with Gasteiger partial charge < -0.3 is 15.7 Å². The Morgan fingerprint density at radius 3 is 2.41 bits per heavy atom. The summed E-state index contributed by atoms with van der Waals surface area (Å²) in [6.07, 6.45) is 8.86. The van der Waals surface area contributed by atoms with Crippen LogP contribution in [0.3, 0.4) is 0 Å². The molecule has 0 aromatic heterocycles. The van der Waals surface area contributed by atoms with E-state index in [1.807, 2.05) is 0 Å². The van der Waals surface area contributed by atoms with Crippen molar-refractivity contribution in [3.63, 3.8) is 0 Å². The van der Waals surface area contributed by atoms with Crippen LogP contribution in [0, 0.1) is 5.92 Å². The Balaban J connectivity index is 0.00000441. The minimum absolute atomic E-state index is 0. The zero-order valence-corrected chi connectivity index (χ0v) is 16.9. The van der Waals surface area contributed by atoms with Crippen molar-refractivity contribution >= 4 is 29.9 Å². The van der Waals surface area contributed by atoms with Gasteiger partial charge in [-0.25, -0.2) is 0 Å². The highest BCUT2D eigenvalue weighted by Crippen LogP contribution is 2.18. The van der Waals surface area contributed by atoms with Gasteiger partial charge in [0, 0.05) is 19.1 Å². The Morgan fingerprint density at radius 2 is 1.86 bits per heavy atom. The van der Waals surface area contributed by atoms with Crippen LogP contribution < -0.4 is 10.6 Å². The predicted molar refractivity (Wildman–Crippen MR) is 106 cm³/mol. The molecule has 5 heteroatoms. The summed E-state index contributed by atoms with van der Waals surface area (Å²) in [5.74, 6) is 1.66. The molecule has 1 atom stereocenters. The Bertz CT molecular complexity index is 292. The predicted octanol–water partition coefficient (Wildman–Crippen LogP) is 3.68. The van der Waals surface area contributed by atoms with Gasteiger partial charge in [0.15, 0.2) is 5.96 Å². The van der Waals surface area contributed by atoms with Crippen LogP contribution in [-0.4, -0.2) is 36.3 Å². The first-order valence-corrected chi connectivity index (χ1v) is 8.92. The molecule has 0 radical (unpaired) electrons. The molecule has 0 heterocycles. The van der Waals surface area contributed by atoms with Crippen LogP contribution in [0.2, 0.25) is 0 Å². The van der Waals surface area contributed by atoms with E-state index in [9.17, 15) is 5.11 Å². The molecule has 1 unspecified atom stereocenters. The van der Waals surface area contributed by atoms with E-state index in [0.29, 0.717) is 12.0 Å². The summed E-state index contributed by atoms with van der Waals surface area (Å²) in [7, 11) is 0. The lowest BCUT2D eigenvalue weighted by Crippen LogP contribution is -2.45. The van der Waals surface area contributed by atoms with Crippen molar-refractivity contribution in [1.82, 2.24) is 10.6 Å². The van der Waals surface area contributed by atoms with Crippen molar-refractivity contribution in [2.45, 2.75) is 84.3 Å². The van der Waals surface area contributed by atoms with E-state index in [1.165, 1.54) is 25.7 Å². The molecule has 0 amide bonds. The molecule has 0 aromatic rings. The zero-order chi connectivity index (χ0) is 15.5. The Hall–Kier alpha value is -0.0400. The van der Waals surface area contributed by atoms with E-state index in [0.717, 1.165) is 44.7 Å². The maximum Gasteiger partial charge on any atom is 0.191 e. The minimum Gasteiger partial charge on any atom is -0.393 e. The Labute approximate surface area is 154 Å². The van der Waals surface area contributed by atoms with Crippen LogP contribution in [0.15, 0.2) is 4.99 Å². The van der Waals surface area contributed by atoms with Gasteiger partial charge in [-0.1, -0.05) is 33.1 Å². The number of aliphatic hydroxyl groups is 1. The number of aliphatic imine (C=N–C) groups is 1. The lowest BCUT2D eigenvalue weighted by atomic mass is 9.93. The van der Waals surface area contributed by atoms with Crippen LogP contribution in [-0.2, 0) is 0 Å². The maximum atomic E-state index is 9.58. The molecule has 4 nitrogen and oxygen atoms in total. The molecule has 132 valence electrons. The monoisotopic (exact) mass is 425 g/mol. The van der Waals surface area contributed by atoms with Crippen molar-refractivity contribution < 1.29 is 5.11 Å². The van der Waals surface area contributed by atoms with E-state index in [2.05, 4.69) is 31.4 Å². The van der Waals surface area contributed by atoms with Crippen molar-refractivity contribution in [1.29, 1.82) is 0 Å². The van der Waals surface area contributed by atoms with Gasteiger partial charge in [0.2, 0.25) is 0 Å². The average Bonchev–Trinajstić information content (AvgIpc) is 2.50. The van der Waals surface area contributed by atoms with Gasteiger partial charge in [-0.15, -0.1) is 24.0 Å². The first-order valence-electron chi connectivity index (χ1n) is 8.92. The number of nitrogens with zero attached hydrogens (tertiary/aromatic N) is 1. The third kappa shape index (κ3) is 9.18. The lowest BCUT2D eigenvalue weighted by Gasteiger charge is -2.27. The fourth-order valence-electron chi connectivity index (χ4n) is 2.87. The fraction of sp³-hybridized carbons (Fsp3) is 0.941. The molecule has 0 saturated heterocycles. The maximum absolute atomic E-state index is 9.58. The quantitative estimate of drug-likeness (QED) is 0.316. The minimum atomic E-state index is -0.0962. The van der Waals surface area contributed by atoms with Gasteiger partial charge in [0.1, 0.15) is 0 Å². The van der Waals surface area contributed by atoms with Crippen LogP contribution in [0.4, 0.5) is 0 Å². The van der Waals surface area contributed by atoms with Crippen molar-refractivity contribution in [3.8, 4) is 0 Å². The second-order valence-corrected chi connectivity index (χ2v) is 6.29. The van der Waals surface area contributed by atoms with Crippen molar-refractivity contribution in [2.75, 3.05) is 13.1 Å². The number of unbranched alkanes of at least 4 members (excludes halogenated alkanes) is 1. The van der Waals surface area contributed by atoms with E-state index < -0.39 is 0 Å². The molecule has 0 spiro atoms. The van der Waals surface area contributed by atoms with E-state index in [1.54, 1.807) is 0 Å². The summed E-state index contributed by atoms with van der Waals surface area (Å²) in [5, 5.41) is 16.5. The summed E-state index contributed by atoms with van der Waals surface area (Å²) in [5.41, 5.74) is 0. The summed E-state index contributed by atoms with van der Waals surface area (Å²) in [4.78, 5) is 4.78. The number of halogens is 1. The van der Waals surface area contributed by atoms with Crippen LogP contribution in [0.5, 0.6) is 0 Å². The highest BCUT2D eigenvalue weighted by Gasteiger charge is 2.20. The zero-order valence-electron chi connectivity index (χ0n) is 14.6. The second kappa shape index (κ2) is 13.4. The van der Waals surface area contributed by atoms with Crippen molar-refractivity contribution in [3.05, 3.63) is 0 Å². The molecule has 22 heavy (non-hydrogen) atoms. The number of hydrogen-bond acceptors (Lipinski definition) is 2. The van der Waals surface area contributed by atoms with Gasteiger partial charge in [-0.3, -0.25) is 4.99 Å². The van der Waals surface area contributed by atoms with Crippen molar-refractivity contribution in [2.24, 2.45) is 10.9 Å². The summed E-state index contributed by atoms with van der Waals surface area (Å²) >= 11 is 0. The number of nitrogens with one attached hydrogen (secondary N) is 2. The van der Waals surface area contributed by atoms with Crippen LogP contribution in [0.1, 0.15) is 72.1 Å². The molecule has 3 N–H and O–H groups in total. The largest absolute Gasteiger partial charge is 0.393 e. The molecule has 1 rings (SSSR count). The highest BCUT2D eigenvalue weighted by atomic mass is 127. The smallest absolute Gasteiger partial charge is 0.191 e. The standard InChI is InChI=1S/C17H35N3O.HI/c1-4-7-8-14(5-2)13-19-17(18-6-3)20-15-9-11-16(21)12-10-15;/h14-16,21H,4-13H2,1-3H3,(H2,18,19,20);1H. The Kier molecular flexibility index (Phi) is 13.4. The number of rotatable bonds is 8. The summed E-state index contributed by atoms with van der Waals surface area (Å²) in [6.45, 7) is 8.43. The molecule has 1 aliphatic rings. The molecule has 0 aliphatic heterocycles. The van der Waals surface area contributed by atoms with Gasteiger partial charge in [-0.2, -0.15) is 0 Å². The second-order valence-electron chi connectivity index (χ2n) is 6.29. The number of guanidine groups is 1. The number of hydrogen-bond donors (Lipinski definition) is 3.